The molecule has 2 aromatic carbocycles. The average molecular weight is 466 g/mol. The largest absolute Gasteiger partial charge is 0.508 e. The summed E-state index contributed by atoms with van der Waals surface area (Å²) in [5.74, 6) is 1.50. The number of carbonyl (C=O) groups excluding carboxylic acids is 1. The van der Waals surface area contributed by atoms with Gasteiger partial charge in [0.25, 0.3) is 0 Å². The van der Waals surface area contributed by atoms with Crippen LogP contribution in [-0.2, 0) is 14.3 Å². The van der Waals surface area contributed by atoms with Gasteiger partial charge in [-0.15, -0.1) is 0 Å². The molecule has 0 radical (unpaired) electrons. The lowest BCUT2D eigenvalue weighted by Gasteiger charge is -2.32. The highest BCUT2D eigenvalue weighted by molar-refractivity contribution is 5.84. The van der Waals surface area contributed by atoms with E-state index < -0.39 is 11.9 Å². The predicted molar refractivity (Wildman–Crippen MR) is 124 cm³/mol. The second kappa shape index (κ2) is 9.26. The molecule has 9 heteroatoms. The third-order valence-corrected chi connectivity index (χ3v) is 6.21. The first-order valence-corrected chi connectivity index (χ1v) is 11.1. The molecule has 2 aliphatic heterocycles. The molecule has 1 aromatic heterocycles. The van der Waals surface area contributed by atoms with Crippen molar-refractivity contribution in [2.24, 2.45) is 0 Å². The number of fused-ring (bicyclic) bond motifs is 2. The molecule has 1 atom stereocenters. The normalized spacial score (nSPS) is 15.9. The quantitative estimate of drug-likeness (QED) is 0.549. The highest BCUT2D eigenvalue weighted by Gasteiger charge is 2.30. The van der Waals surface area contributed by atoms with E-state index in [-0.39, 0.29) is 19.0 Å². The minimum atomic E-state index is -0.539. The number of aromatic hydroxyl groups is 1. The number of morpholine rings is 1. The van der Waals surface area contributed by atoms with Crippen molar-refractivity contribution in [3.63, 3.8) is 0 Å². The first-order chi connectivity index (χ1) is 16.6. The first kappa shape index (κ1) is 22.1. The van der Waals surface area contributed by atoms with E-state index in [1.54, 1.807) is 13.2 Å². The van der Waals surface area contributed by atoms with Crippen molar-refractivity contribution in [2.45, 2.75) is 12.3 Å². The van der Waals surface area contributed by atoms with Gasteiger partial charge in [0.05, 0.1) is 39.4 Å². The maximum Gasteiger partial charge on any atom is 0.306 e. The Kier molecular flexibility index (Phi) is 6.02. The van der Waals surface area contributed by atoms with Crippen LogP contribution in [0.15, 0.2) is 36.4 Å². The summed E-state index contributed by atoms with van der Waals surface area (Å²) in [5.41, 5.74) is 2.13. The van der Waals surface area contributed by atoms with Crippen molar-refractivity contribution in [1.82, 2.24) is 4.98 Å². The molecule has 0 aliphatic carbocycles. The van der Waals surface area contributed by atoms with Crippen LogP contribution in [0.5, 0.6) is 23.0 Å². The summed E-state index contributed by atoms with van der Waals surface area (Å²) >= 11 is 0. The van der Waals surface area contributed by atoms with Crippen molar-refractivity contribution >= 4 is 22.7 Å². The Morgan fingerprint density at radius 2 is 1.85 bits per heavy atom. The van der Waals surface area contributed by atoms with Crippen LogP contribution in [0, 0.1) is 0 Å². The van der Waals surface area contributed by atoms with E-state index in [2.05, 4.69) is 4.90 Å². The molecule has 34 heavy (non-hydrogen) atoms. The molecule has 0 unspecified atom stereocenters. The number of ether oxygens (including phenoxy) is 5. The van der Waals surface area contributed by atoms with Crippen molar-refractivity contribution in [2.75, 3.05) is 52.2 Å². The first-order valence-electron chi connectivity index (χ1n) is 11.1. The number of carbonyl (C=O) groups is 1. The number of phenolic OH excluding ortho intramolecular Hbond substituents is 1. The topological polar surface area (TPSA) is 99.6 Å². The van der Waals surface area contributed by atoms with Gasteiger partial charge in [0.2, 0.25) is 6.79 Å². The van der Waals surface area contributed by atoms with Gasteiger partial charge in [-0.3, -0.25) is 4.79 Å². The van der Waals surface area contributed by atoms with Gasteiger partial charge in [-0.1, -0.05) is 0 Å². The molecule has 1 saturated heterocycles. The molecule has 178 valence electrons. The summed E-state index contributed by atoms with van der Waals surface area (Å²) in [4.78, 5) is 19.7. The number of methoxy groups -OCH3 is 2. The number of benzene rings is 2. The van der Waals surface area contributed by atoms with Crippen LogP contribution >= 0.6 is 0 Å². The average Bonchev–Trinajstić information content (AvgIpc) is 3.33. The summed E-state index contributed by atoms with van der Waals surface area (Å²) < 4.78 is 26.9. The van der Waals surface area contributed by atoms with Gasteiger partial charge in [-0.05, 0) is 30.3 Å². The second-order valence-corrected chi connectivity index (χ2v) is 8.16. The van der Waals surface area contributed by atoms with Crippen LogP contribution in [-0.4, -0.2) is 63.4 Å². The van der Waals surface area contributed by atoms with E-state index in [1.165, 1.54) is 13.2 Å². The lowest BCUT2D eigenvalue weighted by atomic mass is 9.86. The van der Waals surface area contributed by atoms with Gasteiger partial charge in [0, 0.05) is 41.6 Å². The Labute approximate surface area is 196 Å². The molecule has 3 heterocycles. The van der Waals surface area contributed by atoms with Crippen molar-refractivity contribution in [1.29, 1.82) is 0 Å². The van der Waals surface area contributed by atoms with Crippen LogP contribution in [0.2, 0.25) is 0 Å². The fourth-order valence-corrected chi connectivity index (χ4v) is 4.44. The zero-order chi connectivity index (χ0) is 23.7. The van der Waals surface area contributed by atoms with Crippen LogP contribution in [0.4, 0.5) is 5.82 Å². The molecular weight excluding hydrogens is 440 g/mol. The second-order valence-electron chi connectivity index (χ2n) is 8.16. The standard InChI is InChI=1S/C25H26N2O7/c1-30-16-3-4-20-15(9-16)10-19(25(26-20)27-5-7-32-8-6-27)17(12-24(29)31-2)18-11-22-23(13-21(18)28)34-14-33-22/h3-4,9-11,13,17,28H,5-8,12,14H2,1-2H3/t17-/m0/s1. The van der Waals surface area contributed by atoms with Crippen molar-refractivity contribution in [3.05, 3.63) is 47.5 Å². The van der Waals surface area contributed by atoms with Crippen LogP contribution < -0.4 is 19.1 Å². The lowest BCUT2D eigenvalue weighted by molar-refractivity contribution is -0.140. The van der Waals surface area contributed by atoms with Gasteiger partial charge < -0.3 is 33.7 Å². The van der Waals surface area contributed by atoms with Gasteiger partial charge >= 0.3 is 5.97 Å². The third kappa shape index (κ3) is 4.14. The van der Waals surface area contributed by atoms with E-state index in [0.29, 0.717) is 49.1 Å². The summed E-state index contributed by atoms with van der Waals surface area (Å²) in [5, 5.41) is 11.8. The van der Waals surface area contributed by atoms with E-state index >= 15 is 0 Å². The molecule has 2 aliphatic rings. The fourth-order valence-electron chi connectivity index (χ4n) is 4.44. The Bertz CT molecular complexity index is 1220. The van der Waals surface area contributed by atoms with Crippen LogP contribution in [0.3, 0.4) is 0 Å². The molecule has 0 bridgehead atoms. The van der Waals surface area contributed by atoms with Crippen molar-refractivity contribution in [3.8, 4) is 23.0 Å². The van der Waals surface area contributed by atoms with E-state index in [0.717, 1.165) is 22.3 Å². The molecular formula is C25H26N2O7. The van der Waals surface area contributed by atoms with Gasteiger partial charge in [0.15, 0.2) is 11.5 Å². The summed E-state index contributed by atoms with van der Waals surface area (Å²) in [6, 6.07) is 10.9. The molecule has 5 rings (SSSR count). The van der Waals surface area contributed by atoms with Gasteiger partial charge in [0.1, 0.15) is 17.3 Å². The maximum absolute atomic E-state index is 12.5. The summed E-state index contributed by atoms with van der Waals surface area (Å²) in [6.07, 6.45) is 0.0121. The SMILES string of the molecule is COC(=O)C[C@@H](c1cc2c(cc1O)OCO2)c1cc2cc(OC)ccc2nc1N1CCOCC1. The molecule has 1 fully saturated rings. The Hall–Kier alpha value is -3.72. The van der Waals surface area contributed by atoms with Crippen molar-refractivity contribution < 1.29 is 33.6 Å². The van der Waals surface area contributed by atoms with E-state index in [1.807, 2.05) is 24.3 Å². The maximum atomic E-state index is 12.5. The third-order valence-electron chi connectivity index (χ3n) is 6.21. The minimum absolute atomic E-state index is 0.0109. The minimum Gasteiger partial charge on any atom is -0.508 e. The molecule has 0 spiro atoms. The number of hydrogen-bond acceptors (Lipinski definition) is 9. The number of anilines is 1. The zero-order valence-electron chi connectivity index (χ0n) is 19.1. The predicted octanol–water partition coefficient (Wildman–Crippen LogP) is 3.21. The van der Waals surface area contributed by atoms with Gasteiger partial charge in [-0.25, -0.2) is 4.98 Å². The summed E-state index contributed by atoms with van der Waals surface area (Å²) in [7, 11) is 2.97. The Morgan fingerprint density at radius 3 is 2.59 bits per heavy atom. The Balaban J connectivity index is 1.71. The van der Waals surface area contributed by atoms with Gasteiger partial charge in [-0.2, -0.15) is 0 Å². The molecule has 3 aromatic rings. The molecule has 0 amide bonds. The molecule has 1 N–H and O–H groups in total. The highest BCUT2D eigenvalue weighted by Crippen LogP contribution is 2.45. The summed E-state index contributed by atoms with van der Waals surface area (Å²) in [6.45, 7) is 2.58. The molecule has 0 saturated carbocycles. The number of hydrogen-bond donors (Lipinski definition) is 1. The number of phenols is 1. The number of aromatic nitrogens is 1. The Morgan fingerprint density at radius 1 is 1.09 bits per heavy atom. The lowest BCUT2D eigenvalue weighted by Crippen LogP contribution is -2.37. The number of nitrogens with zero attached hydrogens (tertiary/aromatic N) is 2. The number of rotatable bonds is 6. The monoisotopic (exact) mass is 466 g/mol. The van der Waals surface area contributed by atoms with Crippen LogP contribution in [0.1, 0.15) is 23.5 Å². The highest BCUT2D eigenvalue weighted by atomic mass is 16.7. The number of esters is 1. The van der Waals surface area contributed by atoms with E-state index in [4.69, 9.17) is 28.7 Å². The molecule has 9 nitrogen and oxygen atoms in total. The number of pyridine rings is 1. The van der Waals surface area contributed by atoms with Crippen LogP contribution in [0.25, 0.3) is 10.9 Å². The zero-order valence-corrected chi connectivity index (χ0v) is 19.1. The smallest absolute Gasteiger partial charge is 0.306 e. The van der Waals surface area contributed by atoms with E-state index in [9.17, 15) is 9.90 Å². The fraction of sp³-hybridized carbons (Fsp3) is 0.360.